The van der Waals surface area contributed by atoms with Crippen molar-refractivity contribution in [2.24, 2.45) is 0 Å². The highest BCUT2D eigenvalue weighted by atomic mass is 16.5. The number of aliphatic hydroxyl groups is 1. The van der Waals surface area contributed by atoms with Crippen molar-refractivity contribution < 1.29 is 14.6 Å². The maximum atomic E-state index is 9.90. The number of aliphatic hydroxyl groups excluding tert-OH is 1. The molecule has 1 unspecified atom stereocenters. The number of hydrogen-bond acceptors (Lipinski definition) is 4. The Bertz CT molecular complexity index is 413. The summed E-state index contributed by atoms with van der Waals surface area (Å²) in [6.45, 7) is 8.68. The fraction of sp³-hybridized carbons (Fsp3) is 0.667. The molecule has 0 aliphatic carbocycles. The molecule has 1 saturated heterocycles. The molecule has 0 amide bonds. The first-order chi connectivity index (χ1) is 10.6. The second kappa shape index (κ2) is 9.13. The molecular weight excluding hydrogens is 278 g/mol. The fourth-order valence-electron chi connectivity index (χ4n) is 2.70. The van der Waals surface area contributed by atoms with Crippen molar-refractivity contribution in [3.8, 4) is 5.75 Å². The van der Waals surface area contributed by atoms with Gasteiger partial charge in [0.25, 0.3) is 0 Å². The third kappa shape index (κ3) is 5.95. The van der Waals surface area contributed by atoms with Crippen LogP contribution in [0.3, 0.4) is 0 Å². The van der Waals surface area contributed by atoms with Crippen LogP contribution in [0.1, 0.15) is 38.2 Å². The zero-order chi connectivity index (χ0) is 15.8. The Balaban J connectivity index is 1.54. The summed E-state index contributed by atoms with van der Waals surface area (Å²) in [5.41, 5.74) is 1.31. The largest absolute Gasteiger partial charge is 0.491 e. The number of likely N-dealkylation sites (tertiary alicyclic amines) is 1. The molecular formula is C18H29NO3. The molecule has 2 rings (SSSR count). The van der Waals surface area contributed by atoms with Crippen molar-refractivity contribution in [2.75, 3.05) is 39.5 Å². The van der Waals surface area contributed by atoms with Gasteiger partial charge < -0.3 is 19.5 Å². The van der Waals surface area contributed by atoms with E-state index in [1.165, 1.54) is 18.4 Å². The van der Waals surface area contributed by atoms with Gasteiger partial charge in [0.2, 0.25) is 0 Å². The first-order valence-corrected chi connectivity index (χ1v) is 8.36. The normalized spacial score (nSPS) is 17.1. The van der Waals surface area contributed by atoms with Crippen LogP contribution in [0.5, 0.6) is 5.75 Å². The van der Waals surface area contributed by atoms with Crippen LogP contribution in [0.15, 0.2) is 24.3 Å². The monoisotopic (exact) mass is 307 g/mol. The topological polar surface area (TPSA) is 41.9 Å². The Morgan fingerprint density at radius 3 is 2.41 bits per heavy atom. The minimum atomic E-state index is -0.400. The van der Waals surface area contributed by atoms with E-state index < -0.39 is 6.10 Å². The van der Waals surface area contributed by atoms with Gasteiger partial charge in [-0.15, -0.1) is 0 Å². The van der Waals surface area contributed by atoms with Crippen LogP contribution in [-0.4, -0.2) is 55.6 Å². The summed E-state index contributed by atoms with van der Waals surface area (Å²) in [6.07, 6.45) is 2.09. The van der Waals surface area contributed by atoms with E-state index in [0.717, 1.165) is 25.4 Å². The second-order valence-corrected chi connectivity index (χ2v) is 6.31. The highest BCUT2D eigenvalue weighted by Crippen LogP contribution is 2.18. The van der Waals surface area contributed by atoms with Crippen LogP contribution in [0.25, 0.3) is 0 Å². The van der Waals surface area contributed by atoms with Gasteiger partial charge in [-0.3, -0.25) is 0 Å². The zero-order valence-electron chi connectivity index (χ0n) is 13.8. The highest BCUT2D eigenvalue weighted by molar-refractivity contribution is 5.28. The Morgan fingerprint density at radius 2 is 1.77 bits per heavy atom. The van der Waals surface area contributed by atoms with Crippen LogP contribution < -0.4 is 4.74 Å². The van der Waals surface area contributed by atoms with Crippen molar-refractivity contribution in [2.45, 2.75) is 38.7 Å². The van der Waals surface area contributed by atoms with Crippen molar-refractivity contribution in [3.05, 3.63) is 29.8 Å². The van der Waals surface area contributed by atoms with Crippen molar-refractivity contribution in [1.29, 1.82) is 0 Å². The van der Waals surface area contributed by atoms with Crippen LogP contribution in [0.4, 0.5) is 0 Å². The predicted molar refractivity (Wildman–Crippen MR) is 88.5 cm³/mol. The number of rotatable bonds is 9. The Morgan fingerprint density at radius 1 is 1.09 bits per heavy atom. The lowest BCUT2D eigenvalue weighted by Gasteiger charge is -2.19. The van der Waals surface area contributed by atoms with E-state index >= 15 is 0 Å². The molecule has 4 nitrogen and oxygen atoms in total. The molecule has 4 heteroatoms. The second-order valence-electron chi connectivity index (χ2n) is 6.31. The van der Waals surface area contributed by atoms with Gasteiger partial charge in [-0.1, -0.05) is 26.0 Å². The molecule has 1 fully saturated rings. The van der Waals surface area contributed by atoms with E-state index in [1.54, 1.807) is 0 Å². The third-order valence-electron chi connectivity index (χ3n) is 4.02. The molecule has 0 radical (unpaired) electrons. The van der Waals surface area contributed by atoms with Crippen molar-refractivity contribution in [3.63, 3.8) is 0 Å². The van der Waals surface area contributed by atoms with Gasteiger partial charge in [0.05, 0.1) is 19.3 Å². The van der Waals surface area contributed by atoms with Crippen LogP contribution in [0, 0.1) is 0 Å². The van der Waals surface area contributed by atoms with E-state index in [1.807, 2.05) is 12.1 Å². The molecule has 1 aromatic rings. The third-order valence-corrected chi connectivity index (χ3v) is 4.02. The van der Waals surface area contributed by atoms with Gasteiger partial charge in [-0.25, -0.2) is 0 Å². The maximum absolute atomic E-state index is 9.90. The summed E-state index contributed by atoms with van der Waals surface area (Å²) in [4.78, 5) is 2.29. The fourth-order valence-corrected chi connectivity index (χ4v) is 2.70. The lowest BCUT2D eigenvalue weighted by Crippen LogP contribution is -2.33. The zero-order valence-corrected chi connectivity index (χ0v) is 13.8. The molecule has 0 spiro atoms. The maximum Gasteiger partial charge on any atom is 0.119 e. The number of benzene rings is 1. The summed E-state index contributed by atoms with van der Waals surface area (Å²) in [6, 6.07) is 8.19. The Kier molecular flexibility index (Phi) is 7.16. The summed E-state index contributed by atoms with van der Waals surface area (Å²) in [7, 11) is 0. The van der Waals surface area contributed by atoms with E-state index in [-0.39, 0.29) is 0 Å². The highest BCUT2D eigenvalue weighted by Gasteiger charge is 2.15. The molecule has 0 aromatic heterocycles. The van der Waals surface area contributed by atoms with Gasteiger partial charge in [-0.2, -0.15) is 0 Å². The van der Waals surface area contributed by atoms with Gasteiger partial charge in [0.1, 0.15) is 12.4 Å². The van der Waals surface area contributed by atoms with E-state index in [2.05, 4.69) is 30.9 Å². The first kappa shape index (κ1) is 17.3. The lowest BCUT2D eigenvalue weighted by molar-refractivity contribution is 0.0111. The Labute approximate surface area is 134 Å². The van der Waals surface area contributed by atoms with Crippen molar-refractivity contribution in [1.82, 2.24) is 4.90 Å². The van der Waals surface area contributed by atoms with Gasteiger partial charge in [0.15, 0.2) is 0 Å². The van der Waals surface area contributed by atoms with Gasteiger partial charge >= 0.3 is 0 Å². The molecule has 22 heavy (non-hydrogen) atoms. The summed E-state index contributed by atoms with van der Waals surface area (Å²) in [5, 5.41) is 9.90. The number of hydrogen-bond donors (Lipinski definition) is 1. The summed E-state index contributed by atoms with van der Waals surface area (Å²) >= 11 is 0. The van der Waals surface area contributed by atoms with Crippen LogP contribution >= 0.6 is 0 Å². The summed E-state index contributed by atoms with van der Waals surface area (Å²) in [5.74, 6) is 1.40. The SMILES string of the molecule is CC(C)c1ccc(OCCOCC(O)CN2CCCC2)cc1. The number of nitrogens with zero attached hydrogens (tertiary/aromatic N) is 1. The van der Waals surface area contributed by atoms with Gasteiger partial charge in [-0.05, 0) is 49.5 Å². The number of ether oxygens (including phenoxy) is 2. The van der Waals surface area contributed by atoms with Crippen molar-refractivity contribution >= 4 is 0 Å². The molecule has 1 aromatic carbocycles. The molecule has 1 aliphatic heterocycles. The molecule has 124 valence electrons. The predicted octanol–water partition coefficient (Wildman–Crippen LogP) is 2.66. The summed E-state index contributed by atoms with van der Waals surface area (Å²) < 4.78 is 11.1. The molecule has 1 N–H and O–H groups in total. The number of β-amino-alcohol motifs (C(OH)–C–C–N with tert-alkyl or cyclic N) is 1. The molecule has 0 bridgehead atoms. The Hall–Kier alpha value is -1.10. The molecule has 1 atom stereocenters. The quantitative estimate of drug-likeness (QED) is 0.712. The molecule has 0 saturated carbocycles. The molecule has 1 heterocycles. The van der Waals surface area contributed by atoms with Crippen LogP contribution in [0.2, 0.25) is 0 Å². The van der Waals surface area contributed by atoms with E-state index in [0.29, 0.717) is 25.7 Å². The average Bonchev–Trinajstić information content (AvgIpc) is 3.00. The van der Waals surface area contributed by atoms with Gasteiger partial charge in [0, 0.05) is 6.54 Å². The smallest absolute Gasteiger partial charge is 0.119 e. The van der Waals surface area contributed by atoms with E-state index in [9.17, 15) is 5.11 Å². The minimum absolute atomic E-state index is 0.381. The lowest BCUT2D eigenvalue weighted by atomic mass is 10.0. The molecule has 1 aliphatic rings. The first-order valence-electron chi connectivity index (χ1n) is 8.36. The van der Waals surface area contributed by atoms with E-state index in [4.69, 9.17) is 9.47 Å². The minimum Gasteiger partial charge on any atom is -0.491 e. The standard InChI is InChI=1S/C18H29NO3/c1-15(2)16-5-7-18(8-6-16)22-12-11-21-14-17(20)13-19-9-3-4-10-19/h5-8,15,17,20H,3-4,9-14H2,1-2H3. The average molecular weight is 307 g/mol. The van der Waals surface area contributed by atoms with Crippen LogP contribution in [-0.2, 0) is 4.74 Å².